The van der Waals surface area contributed by atoms with Gasteiger partial charge in [0, 0.05) is 10.9 Å². The van der Waals surface area contributed by atoms with Crippen molar-refractivity contribution in [2.75, 3.05) is 0 Å². The molecule has 2 aliphatic rings. The normalized spacial score (nSPS) is 21.6. The average Bonchev–Trinajstić information content (AvgIpc) is 2.31. The first-order chi connectivity index (χ1) is 5.68. The van der Waals surface area contributed by atoms with Gasteiger partial charge in [-0.2, -0.15) is 0 Å². The molecular formula is C8H4BrNO2. The van der Waals surface area contributed by atoms with E-state index in [0.29, 0.717) is 17.7 Å². The molecule has 0 atom stereocenters. The van der Waals surface area contributed by atoms with E-state index in [1.54, 1.807) is 6.08 Å². The Morgan fingerprint density at radius 2 is 2.17 bits per heavy atom. The fraction of sp³-hybridized carbons (Fsp3) is 0.125. The Balaban J connectivity index is 2.51. The van der Waals surface area contributed by atoms with E-state index in [-0.39, 0.29) is 0 Å². The predicted octanol–water partition coefficient (Wildman–Crippen LogP) is 1.15. The van der Waals surface area contributed by atoms with Crippen LogP contribution >= 0.6 is 15.9 Å². The van der Waals surface area contributed by atoms with Crippen LogP contribution in [0.5, 0.6) is 0 Å². The van der Waals surface area contributed by atoms with E-state index >= 15 is 0 Å². The molecule has 12 heavy (non-hydrogen) atoms. The number of Topliss-reactive ketones (excluding diaryl/α,β-unsaturated/α-hetero) is 1. The summed E-state index contributed by atoms with van der Waals surface area (Å²) < 4.78 is 0.833. The Bertz CT molecular complexity index is 377. The van der Waals surface area contributed by atoms with Crippen LogP contribution in [0.3, 0.4) is 0 Å². The zero-order valence-electron chi connectivity index (χ0n) is 6.00. The van der Waals surface area contributed by atoms with E-state index in [2.05, 4.69) is 20.9 Å². The average molecular weight is 226 g/mol. The lowest BCUT2D eigenvalue weighted by atomic mass is 10.0. The van der Waals surface area contributed by atoms with Gasteiger partial charge in [-0.05, 0) is 6.08 Å². The molecule has 1 aliphatic heterocycles. The number of hydrogen-bond donors (Lipinski definition) is 0. The van der Waals surface area contributed by atoms with Crippen molar-refractivity contribution in [3.05, 3.63) is 22.2 Å². The number of halogens is 1. The van der Waals surface area contributed by atoms with Gasteiger partial charge in [0.15, 0.2) is 0 Å². The molecule has 0 saturated heterocycles. The molecule has 0 spiro atoms. The number of nitrogens with zero attached hydrogens (tertiary/aromatic N) is 1. The topological polar surface area (TPSA) is 46.5 Å². The number of rotatable bonds is 0. The molecule has 1 amide bonds. The Morgan fingerprint density at radius 3 is 2.92 bits per heavy atom. The van der Waals surface area contributed by atoms with E-state index in [9.17, 15) is 9.59 Å². The summed E-state index contributed by atoms with van der Waals surface area (Å²) in [6, 6.07) is 0. The first kappa shape index (κ1) is 7.61. The Hall–Kier alpha value is -1.03. The van der Waals surface area contributed by atoms with Gasteiger partial charge in [-0.15, -0.1) is 0 Å². The smallest absolute Gasteiger partial charge is 0.283 e. The quantitative estimate of drug-likeness (QED) is 0.581. The number of allylic oxidation sites excluding steroid dienone is 3. The molecule has 1 heterocycles. The second kappa shape index (κ2) is 2.48. The summed E-state index contributed by atoms with van der Waals surface area (Å²) in [6.07, 6.45) is 4.06. The number of carbonyl (C=O) groups excluding carboxylic acids is 2. The molecule has 0 aromatic carbocycles. The zero-order valence-corrected chi connectivity index (χ0v) is 7.59. The maximum absolute atomic E-state index is 11.1. The lowest BCUT2D eigenvalue weighted by molar-refractivity contribution is -0.132. The number of fused-ring (bicyclic) bond motifs is 1. The van der Waals surface area contributed by atoms with Crippen LogP contribution in [0.2, 0.25) is 0 Å². The summed E-state index contributed by atoms with van der Waals surface area (Å²) >= 11 is 3.24. The van der Waals surface area contributed by atoms with Crippen molar-refractivity contribution in [1.82, 2.24) is 0 Å². The zero-order chi connectivity index (χ0) is 8.72. The van der Waals surface area contributed by atoms with Crippen LogP contribution < -0.4 is 0 Å². The molecular weight excluding hydrogens is 222 g/mol. The van der Waals surface area contributed by atoms with Crippen molar-refractivity contribution < 1.29 is 9.59 Å². The number of aliphatic imine (C=N–C) groups is 1. The van der Waals surface area contributed by atoms with Gasteiger partial charge in [0.25, 0.3) is 5.78 Å². The Morgan fingerprint density at radius 1 is 1.42 bits per heavy atom. The van der Waals surface area contributed by atoms with Gasteiger partial charge in [0.1, 0.15) is 0 Å². The van der Waals surface area contributed by atoms with Crippen molar-refractivity contribution >= 4 is 33.3 Å². The number of carbonyl (C=O) groups is 2. The molecule has 2 rings (SSSR count). The van der Waals surface area contributed by atoms with E-state index in [0.717, 1.165) is 4.48 Å². The monoisotopic (exact) mass is 225 g/mol. The SMILES string of the molecule is O=C1N=C2CC=C(Br)C=C2C1=O. The van der Waals surface area contributed by atoms with Crippen LogP contribution in [0, 0.1) is 0 Å². The lowest BCUT2D eigenvalue weighted by Gasteiger charge is -2.03. The van der Waals surface area contributed by atoms with Crippen molar-refractivity contribution in [3.8, 4) is 0 Å². The largest absolute Gasteiger partial charge is 0.318 e. The second-order valence-electron chi connectivity index (χ2n) is 2.54. The molecule has 0 aromatic heterocycles. The second-order valence-corrected chi connectivity index (χ2v) is 3.46. The fourth-order valence-corrected chi connectivity index (χ4v) is 1.57. The summed E-state index contributed by atoms with van der Waals surface area (Å²) in [6.45, 7) is 0. The van der Waals surface area contributed by atoms with Crippen LogP contribution in [0.25, 0.3) is 0 Å². The van der Waals surface area contributed by atoms with Gasteiger partial charge < -0.3 is 0 Å². The first-order valence-electron chi connectivity index (χ1n) is 3.42. The van der Waals surface area contributed by atoms with Gasteiger partial charge in [-0.3, -0.25) is 9.59 Å². The third-order valence-corrected chi connectivity index (χ3v) is 2.31. The molecule has 0 aromatic rings. The van der Waals surface area contributed by atoms with Gasteiger partial charge in [0.05, 0.1) is 11.3 Å². The van der Waals surface area contributed by atoms with Crippen molar-refractivity contribution in [2.45, 2.75) is 6.42 Å². The highest BCUT2D eigenvalue weighted by Gasteiger charge is 2.31. The summed E-state index contributed by atoms with van der Waals surface area (Å²) in [5.41, 5.74) is 1.03. The molecule has 4 heteroatoms. The maximum Gasteiger partial charge on any atom is 0.318 e. The standard InChI is InChI=1S/C8H4BrNO2/c9-4-1-2-6-5(3-4)7(11)8(12)10-6/h1,3H,2H2. The van der Waals surface area contributed by atoms with Gasteiger partial charge >= 0.3 is 5.91 Å². The van der Waals surface area contributed by atoms with Gasteiger partial charge in [-0.1, -0.05) is 22.0 Å². The summed E-state index contributed by atoms with van der Waals surface area (Å²) in [7, 11) is 0. The molecule has 0 fully saturated rings. The highest BCUT2D eigenvalue weighted by Crippen LogP contribution is 2.24. The maximum atomic E-state index is 11.1. The Kier molecular flexibility index (Phi) is 1.58. The first-order valence-corrected chi connectivity index (χ1v) is 4.22. The molecule has 3 nitrogen and oxygen atoms in total. The molecule has 0 N–H and O–H groups in total. The highest BCUT2D eigenvalue weighted by atomic mass is 79.9. The van der Waals surface area contributed by atoms with E-state index < -0.39 is 11.7 Å². The lowest BCUT2D eigenvalue weighted by Crippen LogP contribution is -2.10. The number of ketones is 1. The molecule has 1 aliphatic carbocycles. The summed E-state index contributed by atoms with van der Waals surface area (Å²) in [5, 5.41) is 0. The minimum absolute atomic E-state index is 0.439. The number of amides is 1. The van der Waals surface area contributed by atoms with Crippen LogP contribution in [-0.4, -0.2) is 17.4 Å². The van der Waals surface area contributed by atoms with Crippen molar-refractivity contribution in [1.29, 1.82) is 0 Å². The third kappa shape index (κ3) is 0.992. The van der Waals surface area contributed by atoms with E-state index in [1.165, 1.54) is 0 Å². The number of hydrogen-bond acceptors (Lipinski definition) is 2. The van der Waals surface area contributed by atoms with Crippen LogP contribution in [0.15, 0.2) is 27.2 Å². The Labute approximate surface area is 77.0 Å². The van der Waals surface area contributed by atoms with Crippen molar-refractivity contribution in [2.24, 2.45) is 4.99 Å². The molecule has 0 saturated carbocycles. The molecule has 60 valence electrons. The van der Waals surface area contributed by atoms with E-state index in [4.69, 9.17) is 0 Å². The summed E-state index contributed by atoms with van der Waals surface area (Å²) in [5.74, 6) is -1.14. The van der Waals surface area contributed by atoms with Crippen molar-refractivity contribution in [3.63, 3.8) is 0 Å². The molecule has 0 radical (unpaired) electrons. The molecule has 0 bridgehead atoms. The predicted molar refractivity (Wildman–Crippen MR) is 47.2 cm³/mol. The minimum Gasteiger partial charge on any atom is -0.283 e. The molecule has 0 unspecified atom stereocenters. The van der Waals surface area contributed by atoms with Gasteiger partial charge in [0.2, 0.25) is 0 Å². The fourth-order valence-electron chi connectivity index (χ4n) is 1.18. The van der Waals surface area contributed by atoms with E-state index in [1.807, 2.05) is 6.08 Å². The third-order valence-electron chi connectivity index (χ3n) is 1.76. The summed E-state index contributed by atoms with van der Waals surface area (Å²) in [4.78, 5) is 25.6. The highest BCUT2D eigenvalue weighted by molar-refractivity contribution is 9.11. The van der Waals surface area contributed by atoms with Crippen LogP contribution in [0.1, 0.15) is 6.42 Å². The van der Waals surface area contributed by atoms with Gasteiger partial charge in [-0.25, -0.2) is 4.99 Å². The van der Waals surface area contributed by atoms with Crippen LogP contribution in [-0.2, 0) is 9.59 Å². The van der Waals surface area contributed by atoms with Crippen LogP contribution in [0.4, 0.5) is 0 Å². The minimum atomic E-state index is -0.646.